The summed E-state index contributed by atoms with van der Waals surface area (Å²) in [6.07, 6.45) is 0.748. The molecule has 0 unspecified atom stereocenters. The molecule has 0 fully saturated rings. The van der Waals surface area contributed by atoms with Gasteiger partial charge in [-0.2, -0.15) is 0 Å². The summed E-state index contributed by atoms with van der Waals surface area (Å²) in [5.41, 5.74) is 1.27. The van der Waals surface area contributed by atoms with Crippen molar-refractivity contribution in [2.75, 3.05) is 13.2 Å². The Balaban J connectivity index is 1.84. The van der Waals surface area contributed by atoms with E-state index in [1.807, 2.05) is 31.2 Å². The fourth-order valence-corrected chi connectivity index (χ4v) is 1.80. The van der Waals surface area contributed by atoms with E-state index in [4.69, 9.17) is 17.3 Å². The molecule has 2 rings (SSSR count). The summed E-state index contributed by atoms with van der Waals surface area (Å²) >= 11 is 0. The number of benzene rings is 2. The fourth-order valence-electron chi connectivity index (χ4n) is 1.80. The van der Waals surface area contributed by atoms with Crippen LogP contribution in [0.25, 0.3) is 0 Å². The quantitative estimate of drug-likeness (QED) is 0.751. The largest absolute Gasteiger partial charge is 0.494 e. The van der Waals surface area contributed by atoms with Crippen LogP contribution < -0.4 is 14.9 Å². The van der Waals surface area contributed by atoms with E-state index >= 15 is 0 Å². The summed E-state index contributed by atoms with van der Waals surface area (Å²) in [7, 11) is 5.40. The van der Waals surface area contributed by atoms with Gasteiger partial charge in [0.05, 0.1) is 13.2 Å². The van der Waals surface area contributed by atoms with Gasteiger partial charge in [-0.1, -0.05) is 23.7 Å². The molecule has 0 aromatic heterocycles. The Labute approximate surface area is 119 Å². The summed E-state index contributed by atoms with van der Waals surface area (Å²) in [5, 5.41) is 0. The zero-order chi connectivity index (χ0) is 14.4. The van der Waals surface area contributed by atoms with Crippen LogP contribution in [-0.2, 0) is 6.42 Å². The van der Waals surface area contributed by atoms with Crippen LogP contribution in [0.4, 0.5) is 4.39 Å². The lowest BCUT2D eigenvalue weighted by Gasteiger charge is -2.08. The molecule has 0 spiro atoms. The Bertz CT molecular complexity index is 555. The molecule has 0 atom stereocenters. The zero-order valence-electron chi connectivity index (χ0n) is 11.4. The van der Waals surface area contributed by atoms with Gasteiger partial charge in [-0.15, -0.1) is 0 Å². The van der Waals surface area contributed by atoms with E-state index in [1.54, 1.807) is 6.07 Å². The molecule has 2 aromatic rings. The number of halogens is 1. The second kappa shape index (κ2) is 6.99. The molecule has 2 aromatic carbocycles. The van der Waals surface area contributed by atoms with Gasteiger partial charge < -0.3 is 9.47 Å². The van der Waals surface area contributed by atoms with Gasteiger partial charge in [0.1, 0.15) is 25.2 Å². The average Bonchev–Trinajstić information content (AvgIpc) is 2.45. The molecule has 102 valence electrons. The molecule has 0 saturated carbocycles. The van der Waals surface area contributed by atoms with Crippen molar-refractivity contribution in [3.63, 3.8) is 0 Å². The van der Waals surface area contributed by atoms with E-state index in [1.165, 1.54) is 12.1 Å². The number of rotatable bonds is 6. The topological polar surface area (TPSA) is 18.5 Å². The highest BCUT2D eigenvalue weighted by molar-refractivity contribution is 6.32. The van der Waals surface area contributed by atoms with Gasteiger partial charge in [-0.05, 0) is 30.7 Å². The van der Waals surface area contributed by atoms with Crippen molar-refractivity contribution in [2.24, 2.45) is 0 Å². The van der Waals surface area contributed by atoms with Crippen LogP contribution in [0, 0.1) is 5.82 Å². The predicted octanol–water partition coefficient (Wildman–Crippen LogP) is 2.64. The van der Waals surface area contributed by atoms with E-state index in [2.05, 4.69) is 0 Å². The minimum atomic E-state index is -0.455. The van der Waals surface area contributed by atoms with E-state index < -0.39 is 5.82 Å². The van der Waals surface area contributed by atoms with E-state index in [0.29, 0.717) is 19.0 Å². The van der Waals surface area contributed by atoms with Crippen molar-refractivity contribution in [3.8, 4) is 11.5 Å². The standard InChI is InChI=1S/C16H16BFO2/c1-2-19-13-5-3-12(4-6-13)9-10-20-14-7-8-15(17)16(18)11-14/h3-8,11H,2,9-10H2,1H3. The monoisotopic (exact) mass is 270 g/mol. The molecule has 2 nitrogen and oxygen atoms in total. The van der Waals surface area contributed by atoms with Crippen LogP contribution in [0.3, 0.4) is 0 Å². The Hall–Kier alpha value is -1.97. The molecule has 0 aliphatic carbocycles. The minimum Gasteiger partial charge on any atom is -0.494 e. The van der Waals surface area contributed by atoms with Crippen LogP contribution in [0.2, 0.25) is 0 Å². The molecule has 0 N–H and O–H groups in total. The molecule has 0 amide bonds. The molecule has 0 heterocycles. The maximum absolute atomic E-state index is 13.2. The van der Waals surface area contributed by atoms with Crippen molar-refractivity contribution in [2.45, 2.75) is 13.3 Å². The third-order valence-electron chi connectivity index (χ3n) is 2.87. The third-order valence-corrected chi connectivity index (χ3v) is 2.87. The van der Waals surface area contributed by atoms with E-state index in [0.717, 1.165) is 17.7 Å². The molecule has 0 bridgehead atoms. The molecule has 4 heteroatoms. The first-order valence-corrected chi connectivity index (χ1v) is 6.58. The second-order valence-electron chi connectivity index (χ2n) is 4.36. The van der Waals surface area contributed by atoms with Gasteiger partial charge in [0.25, 0.3) is 0 Å². The minimum absolute atomic E-state index is 0.129. The SMILES string of the molecule is [B]c1ccc(OCCc2ccc(OCC)cc2)cc1F. The van der Waals surface area contributed by atoms with Crippen LogP contribution in [0.1, 0.15) is 12.5 Å². The van der Waals surface area contributed by atoms with Gasteiger partial charge in [0.2, 0.25) is 0 Å². The van der Waals surface area contributed by atoms with Crippen LogP contribution in [0.5, 0.6) is 11.5 Å². The molecule has 0 aliphatic rings. The smallest absolute Gasteiger partial charge is 0.122 e. The summed E-state index contributed by atoms with van der Waals surface area (Å²) in [5.74, 6) is 0.893. The first-order valence-electron chi connectivity index (χ1n) is 6.58. The molecule has 2 radical (unpaired) electrons. The first kappa shape index (κ1) is 14.4. The summed E-state index contributed by atoms with van der Waals surface area (Å²) in [4.78, 5) is 0. The summed E-state index contributed by atoms with van der Waals surface area (Å²) in [6.45, 7) is 3.09. The Morgan fingerprint density at radius 2 is 1.70 bits per heavy atom. The Morgan fingerprint density at radius 3 is 2.35 bits per heavy atom. The molecule has 0 saturated heterocycles. The van der Waals surface area contributed by atoms with Crippen LogP contribution in [-0.4, -0.2) is 21.1 Å². The summed E-state index contributed by atoms with van der Waals surface area (Å²) < 4.78 is 24.1. The van der Waals surface area contributed by atoms with Gasteiger partial charge in [-0.25, -0.2) is 4.39 Å². The molecule has 0 aliphatic heterocycles. The second-order valence-corrected chi connectivity index (χ2v) is 4.36. The van der Waals surface area contributed by atoms with Gasteiger partial charge in [0.15, 0.2) is 0 Å². The maximum Gasteiger partial charge on any atom is 0.122 e. The van der Waals surface area contributed by atoms with Gasteiger partial charge in [-0.3, -0.25) is 0 Å². The normalized spacial score (nSPS) is 10.3. The Morgan fingerprint density at radius 1 is 1.00 bits per heavy atom. The Kier molecular flexibility index (Phi) is 5.05. The molecular formula is C16H16BFO2. The lowest BCUT2D eigenvalue weighted by Crippen LogP contribution is -2.09. The maximum atomic E-state index is 13.2. The van der Waals surface area contributed by atoms with Crippen molar-refractivity contribution in [3.05, 3.63) is 53.8 Å². The number of hydrogen-bond donors (Lipinski definition) is 0. The number of hydrogen-bond acceptors (Lipinski definition) is 2. The highest BCUT2D eigenvalue weighted by atomic mass is 19.1. The van der Waals surface area contributed by atoms with Crippen molar-refractivity contribution >= 4 is 13.3 Å². The van der Waals surface area contributed by atoms with Crippen LogP contribution >= 0.6 is 0 Å². The fraction of sp³-hybridized carbons (Fsp3) is 0.250. The van der Waals surface area contributed by atoms with E-state index in [9.17, 15) is 4.39 Å². The van der Waals surface area contributed by atoms with Crippen LogP contribution in [0.15, 0.2) is 42.5 Å². The predicted molar refractivity (Wildman–Crippen MR) is 78.6 cm³/mol. The average molecular weight is 270 g/mol. The van der Waals surface area contributed by atoms with Crippen molar-refractivity contribution < 1.29 is 13.9 Å². The number of ether oxygens (including phenoxy) is 2. The van der Waals surface area contributed by atoms with Crippen molar-refractivity contribution in [1.82, 2.24) is 0 Å². The van der Waals surface area contributed by atoms with Gasteiger partial charge >= 0.3 is 0 Å². The molecule has 20 heavy (non-hydrogen) atoms. The lowest BCUT2D eigenvalue weighted by atomic mass is 9.96. The van der Waals surface area contributed by atoms with Gasteiger partial charge in [0, 0.05) is 12.5 Å². The third kappa shape index (κ3) is 4.02. The highest BCUT2D eigenvalue weighted by Gasteiger charge is 2.00. The van der Waals surface area contributed by atoms with Crippen molar-refractivity contribution in [1.29, 1.82) is 0 Å². The lowest BCUT2D eigenvalue weighted by molar-refractivity contribution is 0.320. The van der Waals surface area contributed by atoms with E-state index in [-0.39, 0.29) is 5.46 Å². The zero-order valence-corrected chi connectivity index (χ0v) is 11.4. The summed E-state index contributed by atoms with van der Waals surface area (Å²) in [6, 6.07) is 12.3. The highest BCUT2D eigenvalue weighted by Crippen LogP contribution is 2.14. The molecular weight excluding hydrogens is 254 g/mol. The first-order chi connectivity index (χ1) is 9.69.